The molecule has 6 aromatic rings. The molecule has 0 radical (unpaired) electrons. The Morgan fingerprint density at radius 1 is 0.408 bits per heavy atom. The molecule has 0 aromatic heterocycles. The van der Waals surface area contributed by atoms with Gasteiger partial charge in [0.15, 0.2) is 0 Å². The van der Waals surface area contributed by atoms with Gasteiger partial charge in [0.1, 0.15) is 34.5 Å². The maximum atomic E-state index is 6.88. The third kappa shape index (κ3) is 8.58. The van der Waals surface area contributed by atoms with Crippen molar-refractivity contribution in [3.05, 3.63) is 182 Å². The molecule has 3 N–H and O–H groups in total. The predicted molar refractivity (Wildman–Crippen MR) is 194 cm³/mol. The minimum atomic E-state index is -3.72. The Labute approximate surface area is 288 Å². The number of hydrogen-bond donors (Lipinski definition) is 1. The second kappa shape index (κ2) is 16.5. The first-order chi connectivity index (χ1) is 23.7. The van der Waals surface area contributed by atoms with Crippen molar-refractivity contribution >= 4 is 24.6 Å². The lowest BCUT2D eigenvalue weighted by molar-refractivity contribution is 0.0545. The summed E-state index contributed by atoms with van der Waals surface area (Å²) in [5.41, 5.74) is 0. The number of rotatable bonds is 12. The van der Waals surface area contributed by atoms with Crippen molar-refractivity contribution < 1.29 is 27.8 Å². The summed E-state index contributed by atoms with van der Waals surface area (Å²) in [5, 5.41) is 0. The number of nitrogens with zero attached hydrogens (tertiary/aromatic N) is 3. The number of para-hydroxylation sites is 6. The quantitative estimate of drug-likeness (QED) is 0.124. The Balaban J connectivity index is 0.00000417. The highest BCUT2D eigenvalue weighted by molar-refractivity contribution is 7.78. The lowest BCUT2D eigenvalue weighted by Gasteiger charge is -2.43. The first-order valence-corrected chi connectivity index (χ1v) is 18.8. The van der Waals surface area contributed by atoms with Crippen molar-refractivity contribution in [2.24, 2.45) is 4.52 Å². The van der Waals surface area contributed by atoms with E-state index < -0.39 is 24.6 Å². The van der Waals surface area contributed by atoms with Gasteiger partial charge in [0.25, 0.3) is 0 Å². The van der Waals surface area contributed by atoms with E-state index in [4.69, 9.17) is 32.3 Å². The summed E-state index contributed by atoms with van der Waals surface area (Å²) in [6, 6.07) is 56.4. The Bertz CT molecular complexity index is 1870. The van der Waals surface area contributed by atoms with Crippen molar-refractivity contribution in [3.8, 4) is 34.5 Å². The van der Waals surface area contributed by atoms with Crippen molar-refractivity contribution in [1.29, 1.82) is 0 Å². The van der Waals surface area contributed by atoms with Crippen LogP contribution in [0, 0.1) is 0 Å². The largest absolute Gasteiger partial charge is 0.447 e. The molecule has 0 spiro atoms. The van der Waals surface area contributed by atoms with E-state index in [1.54, 1.807) is 9.21 Å². The predicted octanol–water partition coefficient (Wildman–Crippen LogP) is 11.5. The van der Waals surface area contributed by atoms with Gasteiger partial charge in [0.05, 0.1) is 0 Å². The number of hydrogen-bond acceptors (Lipinski definition) is 10. The van der Waals surface area contributed by atoms with E-state index in [0.29, 0.717) is 34.5 Å². The summed E-state index contributed by atoms with van der Waals surface area (Å²) in [6.45, 7) is 0. The van der Waals surface area contributed by atoms with Gasteiger partial charge in [-0.2, -0.15) is 0 Å². The molecular formula is C36H33N4O6P3. The summed E-state index contributed by atoms with van der Waals surface area (Å²) in [7, 11) is -7.86. The molecule has 248 valence electrons. The van der Waals surface area contributed by atoms with Gasteiger partial charge in [-0.1, -0.05) is 109 Å². The van der Waals surface area contributed by atoms with E-state index >= 15 is 0 Å². The molecule has 0 saturated heterocycles. The fourth-order valence-electron chi connectivity index (χ4n) is 4.34. The third-order valence-electron chi connectivity index (χ3n) is 6.50. The van der Waals surface area contributed by atoms with Crippen molar-refractivity contribution in [2.75, 3.05) is 0 Å². The average Bonchev–Trinajstić information content (AvgIpc) is 3.14. The minimum absolute atomic E-state index is 0. The molecule has 2 unspecified atom stereocenters. The summed E-state index contributed by atoms with van der Waals surface area (Å²) < 4.78 is 35.7. The minimum Gasteiger partial charge on any atom is -0.440 e. The molecule has 1 aliphatic heterocycles. The highest BCUT2D eigenvalue weighted by Gasteiger charge is 2.58. The molecule has 49 heavy (non-hydrogen) atoms. The lowest BCUT2D eigenvalue weighted by atomic mass is 10.3. The molecular weight excluding hydrogens is 677 g/mol. The summed E-state index contributed by atoms with van der Waals surface area (Å²) >= 11 is 0. The molecule has 7 rings (SSSR count). The van der Waals surface area contributed by atoms with Crippen LogP contribution in [0.1, 0.15) is 0 Å². The summed E-state index contributed by atoms with van der Waals surface area (Å²) in [6.07, 6.45) is 0. The fourth-order valence-corrected chi connectivity index (χ4v) is 11.8. The first-order valence-electron chi connectivity index (χ1n) is 15.0. The molecule has 0 aliphatic carbocycles. The SMILES string of the molecule is N.c1ccc(ON2P(Oc3ccccc3)N=P(Oc3ccccc3)(Oc3ccccc3)N(Oc3ccccc3)P2Oc2ccccc2)cc1. The third-order valence-corrected chi connectivity index (χ3v) is 13.4. The summed E-state index contributed by atoms with van der Waals surface area (Å²) in [4.78, 5) is 13.4. The van der Waals surface area contributed by atoms with Crippen molar-refractivity contribution in [2.45, 2.75) is 0 Å². The molecule has 13 heteroatoms. The molecule has 0 amide bonds. The van der Waals surface area contributed by atoms with Crippen LogP contribution in [0.3, 0.4) is 0 Å². The van der Waals surface area contributed by atoms with E-state index in [9.17, 15) is 0 Å². The van der Waals surface area contributed by atoms with Gasteiger partial charge in [0, 0.05) is 9.21 Å². The van der Waals surface area contributed by atoms with Gasteiger partial charge in [0.2, 0.25) is 0 Å². The maximum Gasteiger partial charge on any atom is 0.447 e. The van der Waals surface area contributed by atoms with Crippen LogP contribution in [-0.4, -0.2) is 9.21 Å². The van der Waals surface area contributed by atoms with Gasteiger partial charge in [-0.25, -0.2) is 0 Å². The van der Waals surface area contributed by atoms with Gasteiger partial charge < -0.3 is 33.9 Å². The zero-order chi connectivity index (χ0) is 32.4. The molecule has 0 saturated carbocycles. The zero-order valence-corrected chi connectivity index (χ0v) is 28.8. The van der Waals surface area contributed by atoms with E-state index in [2.05, 4.69) is 0 Å². The van der Waals surface area contributed by atoms with Crippen molar-refractivity contribution in [3.63, 3.8) is 0 Å². The van der Waals surface area contributed by atoms with Crippen LogP contribution in [0.4, 0.5) is 0 Å². The molecule has 6 aromatic carbocycles. The molecule has 1 heterocycles. The smallest absolute Gasteiger partial charge is 0.440 e. The Hall–Kier alpha value is -4.91. The first kappa shape index (κ1) is 34.0. The van der Waals surface area contributed by atoms with Crippen LogP contribution in [0.25, 0.3) is 0 Å². The van der Waals surface area contributed by atoms with E-state index in [1.165, 1.54) is 0 Å². The van der Waals surface area contributed by atoms with Crippen LogP contribution in [0.2, 0.25) is 0 Å². The maximum absolute atomic E-state index is 6.88. The van der Waals surface area contributed by atoms with Crippen LogP contribution in [0.15, 0.2) is 187 Å². The Morgan fingerprint density at radius 2 is 0.755 bits per heavy atom. The normalized spacial score (nSPS) is 17.0. The number of benzene rings is 6. The Kier molecular flexibility index (Phi) is 11.4. The van der Waals surface area contributed by atoms with E-state index in [1.807, 2.05) is 182 Å². The van der Waals surface area contributed by atoms with Crippen LogP contribution >= 0.6 is 24.6 Å². The Morgan fingerprint density at radius 3 is 1.18 bits per heavy atom. The lowest BCUT2D eigenvalue weighted by Crippen LogP contribution is -2.37. The average molecular weight is 711 g/mol. The topological polar surface area (TPSA) is 109 Å². The molecule has 10 nitrogen and oxygen atoms in total. The monoisotopic (exact) mass is 710 g/mol. The van der Waals surface area contributed by atoms with Gasteiger partial charge in [-0.3, -0.25) is 0 Å². The highest BCUT2D eigenvalue weighted by atomic mass is 31.3. The standard InChI is InChI=1S/C36H30N3O6P3.H3N/c1-7-19-31(20-8-1)40-38-46(42-33-23-11-3-12-24-33)37-48(44-35-27-15-5-16-28-35,45-36-29-17-6-18-30-36)39(41-32-21-9-2-10-22-32)47(38)43-34-25-13-4-14-26-34;/h1-30H;1H3. The van der Waals surface area contributed by atoms with E-state index in [-0.39, 0.29) is 6.15 Å². The molecule has 0 bridgehead atoms. The summed E-state index contributed by atoms with van der Waals surface area (Å²) in [5.74, 6) is 3.27. The molecule has 0 fully saturated rings. The molecule has 2 atom stereocenters. The van der Waals surface area contributed by atoms with Gasteiger partial charge >= 0.3 is 24.6 Å². The van der Waals surface area contributed by atoms with Crippen LogP contribution in [0.5, 0.6) is 34.5 Å². The van der Waals surface area contributed by atoms with Crippen LogP contribution < -0.4 is 33.9 Å². The fraction of sp³-hybridized carbons (Fsp3) is 0. The van der Waals surface area contributed by atoms with Gasteiger partial charge in [-0.05, 0) is 72.8 Å². The van der Waals surface area contributed by atoms with Crippen molar-refractivity contribution in [1.82, 2.24) is 15.4 Å². The second-order valence-corrected chi connectivity index (χ2v) is 15.5. The second-order valence-electron chi connectivity index (χ2n) is 10.0. The highest BCUT2D eigenvalue weighted by Crippen LogP contribution is 2.77. The van der Waals surface area contributed by atoms with Crippen LogP contribution in [-0.2, 0) is 0 Å². The molecule has 1 aliphatic rings. The van der Waals surface area contributed by atoms with Gasteiger partial charge in [-0.15, -0.1) is 4.52 Å². The zero-order valence-electron chi connectivity index (χ0n) is 26.2. The van der Waals surface area contributed by atoms with E-state index in [0.717, 1.165) is 0 Å².